The molecule has 0 radical (unpaired) electrons. The second-order valence-electron chi connectivity index (χ2n) is 3.12. The van der Waals surface area contributed by atoms with Crippen LogP contribution >= 0.6 is 0 Å². The highest BCUT2D eigenvalue weighted by atomic mass is 14.7. The highest BCUT2D eigenvalue weighted by Crippen LogP contribution is 2.24. The van der Waals surface area contributed by atoms with Gasteiger partial charge in [0.2, 0.25) is 0 Å². The molecule has 0 spiro atoms. The van der Waals surface area contributed by atoms with E-state index in [1.807, 2.05) is 0 Å². The van der Waals surface area contributed by atoms with Gasteiger partial charge >= 0.3 is 0 Å². The van der Waals surface area contributed by atoms with Crippen LogP contribution in [0.3, 0.4) is 0 Å². The van der Waals surface area contributed by atoms with Crippen LogP contribution in [0.4, 0.5) is 0 Å². The lowest BCUT2D eigenvalue weighted by atomic mass is 9.84. The van der Waals surface area contributed by atoms with Crippen LogP contribution in [-0.2, 0) is 0 Å². The van der Waals surface area contributed by atoms with E-state index in [0.29, 0.717) is 6.04 Å². The van der Waals surface area contributed by atoms with Crippen LogP contribution in [0, 0.1) is 5.92 Å². The molecule has 1 aliphatic rings. The van der Waals surface area contributed by atoms with Gasteiger partial charge in [-0.15, -0.1) is 0 Å². The van der Waals surface area contributed by atoms with E-state index in [0.717, 1.165) is 5.92 Å². The maximum absolute atomic E-state index is 5.89. The zero-order chi connectivity index (χ0) is 6.69. The maximum Gasteiger partial charge on any atom is 0.00670 e. The highest BCUT2D eigenvalue weighted by Gasteiger charge is 2.18. The van der Waals surface area contributed by atoms with Gasteiger partial charge in [0.25, 0.3) is 0 Å². The van der Waals surface area contributed by atoms with Crippen molar-refractivity contribution in [2.75, 3.05) is 0 Å². The monoisotopic (exact) mass is 127 g/mol. The average Bonchev–Trinajstić information content (AvgIpc) is 1.89. The van der Waals surface area contributed by atoms with E-state index < -0.39 is 0 Å². The molecule has 1 rings (SSSR count). The van der Waals surface area contributed by atoms with Crippen molar-refractivity contribution in [1.29, 1.82) is 0 Å². The molecule has 0 saturated heterocycles. The molecule has 0 aliphatic heterocycles. The molecule has 0 heterocycles. The zero-order valence-electron chi connectivity index (χ0n) is 6.27. The molecule has 2 N–H and O–H groups in total. The first-order chi connectivity index (χ1) is 4.34. The molecule has 0 aromatic heterocycles. The Bertz CT molecular complexity index is 80.6. The van der Waals surface area contributed by atoms with Crippen LogP contribution in [0.15, 0.2) is 0 Å². The Morgan fingerprint density at radius 3 is 2.44 bits per heavy atom. The summed E-state index contributed by atoms with van der Waals surface area (Å²) in [6, 6.07) is 0.517. The Hall–Kier alpha value is -0.0400. The summed E-state index contributed by atoms with van der Waals surface area (Å²) in [7, 11) is 0. The van der Waals surface area contributed by atoms with Crippen molar-refractivity contribution in [3.05, 3.63) is 0 Å². The van der Waals surface area contributed by atoms with Gasteiger partial charge in [0, 0.05) is 6.04 Å². The molecular weight excluding hydrogens is 110 g/mol. The van der Waals surface area contributed by atoms with Gasteiger partial charge < -0.3 is 5.73 Å². The lowest BCUT2D eigenvalue weighted by Crippen LogP contribution is -2.32. The van der Waals surface area contributed by atoms with Gasteiger partial charge in [-0.1, -0.05) is 26.2 Å². The number of rotatable bonds is 1. The molecule has 9 heavy (non-hydrogen) atoms. The Labute approximate surface area is 57.6 Å². The van der Waals surface area contributed by atoms with Gasteiger partial charge in [-0.2, -0.15) is 0 Å². The fourth-order valence-corrected chi connectivity index (χ4v) is 1.74. The Balaban J connectivity index is 2.30. The van der Waals surface area contributed by atoms with Gasteiger partial charge in [-0.05, 0) is 18.8 Å². The quantitative estimate of drug-likeness (QED) is 0.572. The second-order valence-corrected chi connectivity index (χ2v) is 3.12. The first-order valence-corrected chi connectivity index (χ1v) is 4.10. The summed E-state index contributed by atoms with van der Waals surface area (Å²) in [5.74, 6) is 0.832. The SMILES string of the molecule is CC[C@H]1CCCC[C@@H]1N. The number of hydrogen-bond acceptors (Lipinski definition) is 1. The van der Waals surface area contributed by atoms with Gasteiger partial charge in [0.15, 0.2) is 0 Å². The molecule has 1 heteroatoms. The minimum atomic E-state index is 0.517. The lowest BCUT2D eigenvalue weighted by molar-refractivity contribution is 0.300. The third kappa shape index (κ3) is 1.68. The normalized spacial score (nSPS) is 36.7. The largest absolute Gasteiger partial charge is 0.327 e. The van der Waals surface area contributed by atoms with E-state index in [9.17, 15) is 0 Å². The summed E-state index contributed by atoms with van der Waals surface area (Å²) in [6.45, 7) is 2.25. The summed E-state index contributed by atoms with van der Waals surface area (Å²) in [6.07, 6.45) is 6.68. The molecule has 1 fully saturated rings. The van der Waals surface area contributed by atoms with Crippen molar-refractivity contribution in [1.82, 2.24) is 0 Å². The van der Waals surface area contributed by atoms with Crippen LogP contribution < -0.4 is 5.73 Å². The van der Waals surface area contributed by atoms with Crippen LogP contribution in [0.1, 0.15) is 39.0 Å². The van der Waals surface area contributed by atoms with E-state index in [1.165, 1.54) is 32.1 Å². The van der Waals surface area contributed by atoms with Gasteiger partial charge in [0.1, 0.15) is 0 Å². The van der Waals surface area contributed by atoms with Crippen molar-refractivity contribution in [2.45, 2.75) is 45.1 Å². The fourth-order valence-electron chi connectivity index (χ4n) is 1.74. The molecule has 0 bridgehead atoms. The van der Waals surface area contributed by atoms with Crippen molar-refractivity contribution >= 4 is 0 Å². The minimum Gasteiger partial charge on any atom is -0.327 e. The van der Waals surface area contributed by atoms with E-state index >= 15 is 0 Å². The van der Waals surface area contributed by atoms with Gasteiger partial charge in [0.05, 0.1) is 0 Å². The molecule has 0 amide bonds. The summed E-state index contributed by atoms with van der Waals surface area (Å²) in [5, 5.41) is 0. The minimum absolute atomic E-state index is 0.517. The molecule has 0 unspecified atom stereocenters. The first-order valence-electron chi connectivity index (χ1n) is 4.10. The zero-order valence-corrected chi connectivity index (χ0v) is 6.27. The second kappa shape index (κ2) is 3.21. The smallest absolute Gasteiger partial charge is 0.00670 e. The molecule has 1 nitrogen and oxygen atoms in total. The van der Waals surface area contributed by atoms with Crippen molar-refractivity contribution in [2.24, 2.45) is 11.7 Å². The van der Waals surface area contributed by atoms with Gasteiger partial charge in [-0.3, -0.25) is 0 Å². The highest BCUT2D eigenvalue weighted by molar-refractivity contribution is 4.76. The summed E-state index contributed by atoms with van der Waals surface area (Å²) in [4.78, 5) is 0. The van der Waals surface area contributed by atoms with Crippen LogP contribution in [0.25, 0.3) is 0 Å². The van der Waals surface area contributed by atoms with Crippen molar-refractivity contribution < 1.29 is 0 Å². The summed E-state index contributed by atoms with van der Waals surface area (Å²) < 4.78 is 0. The predicted molar refractivity (Wildman–Crippen MR) is 40.2 cm³/mol. The predicted octanol–water partition coefficient (Wildman–Crippen LogP) is 1.91. The number of hydrogen-bond donors (Lipinski definition) is 1. The van der Waals surface area contributed by atoms with Crippen molar-refractivity contribution in [3.8, 4) is 0 Å². The van der Waals surface area contributed by atoms with Crippen LogP contribution in [-0.4, -0.2) is 6.04 Å². The number of nitrogens with two attached hydrogens (primary N) is 1. The summed E-state index contributed by atoms with van der Waals surface area (Å²) in [5.41, 5.74) is 5.89. The molecule has 0 aromatic carbocycles. The Kier molecular flexibility index (Phi) is 2.52. The molecular formula is C8H17N. The fraction of sp³-hybridized carbons (Fsp3) is 1.00. The van der Waals surface area contributed by atoms with Crippen LogP contribution in [0.2, 0.25) is 0 Å². The lowest BCUT2D eigenvalue weighted by Gasteiger charge is -2.27. The van der Waals surface area contributed by atoms with E-state index in [2.05, 4.69) is 6.92 Å². The van der Waals surface area contributed by atoms with Crippen molar-refractivity contribution in [3.63, 3.8) is 0 Å². The molecule has 2 atom stereocenters. The topological polar surface area (TPSA) is 26.0 Å². The first kappa shape index (κ1) is 7.07. The van der Waals surface area contributed by atoms with E-state index in [-0.39, 0.29) is 0 Å². The van der Waals surface area contributed by atoms with Gasteiger partial charge in [-0.25, -0.2) is 0 Å². The average molecular weight is 127 g/mol. The standard InChI is InChI=1S/C8H17N/c1-2-7-5-3-4-6-8(7)9/h7-8H,2-6,9H2,1H3/t7-,8-/m0/s1. The third-order valence-electron chi connectivity index (χ3n) is 2.49. The molecule has 1 aliphatic carbocycles. The maximum atomic E-state index is 5.89. The third-order valence-corrected chi connectivity index (χ3v) is 2.49. The summed E-state index contributed by atoms with van der Waals surface area (Å²) >= 11 is 0. The molecule has 1 saturated carbocycles. The van der Waals surface area contributed by atoms with Crippen LogP contribution in [0.5, 0.6) is 0 Å². The molecule has 0 aromatic rings. The Morgan fingerprint density at radius 1 is 1.33 bits per heavy atom. The van der Waals surface area contributed by atoms with E-state index in [4.69, 9.17) is 5.73 Å². The Morgan fingerprint density at radius 2 is 2.00 bits per heavy atom. The van der Waals surface area contributed by atoms with E-state index in [1.54, 1.807) is 0 Å². The molecule has 54 valence electrons.